The zero-order valence-electron chi connectivity index (χ0n) is 19.6. The first-order valence-electron chi connectivity index (χ1n) is 11.6. The highest BCUT2D eigenvalue weighted by molar-refractivity contribution is 5.95. The first-order valence-corrected chi connectivity index (χ1v) is 11.6. The van der Waals surface area contributed by atoms with Crippen LogP contribution >= 0.6 is 0 Å². The third kappa shape index (κ3) is 3.66. The largest absolute Gasteiger partial charge is 0.366 e. The molecule has 0 bridgehead atoms. The number of imidazole rings is 1. The number of carbonyl (C=O) groups excluding carboxylic acids is 1. The predicted molar refractivity (Wildman–Crippen MR) is 139 cm³/mol. The molecule has 0 fully saturated rings. The number of hydrogen-bond donors (Lipinski definition) is 3. The second-order valence-corrected chi connectivity index (χ2v) is 8.92. The number of primary amides is 1. The maximum atomic E-state index is 12.1. The molecule has 2 aromatic carbocycles. The van der Waals surface area contributed by atoms with Crippen LogP contribution in [0.1, 0.15) is 39.2 Å². The van der Waals surface area contributed by atoms with Gasteiger partial charge in [-0.05, 0) is 58.1 Å². The summed E-state index contributed by atoms with van der Waals surface area (Å²) in [4.78, 5) is 31.7. The van der Waals surface area contributed by atoms with E-state index in [1.54, 1.807) is 29.9 Å². The van der Waals surface area contributed by atoms with Crippen molar-refractivity contribution >= 4 is 33.8 Å². The highest BCUT2D eigenvalue weighted by Crippen LogP contribution is 2.38. The van der Waals surface area contributed by atoms with Gasteiger partial charge >= 0.3 is 0 Å². The zero-order chi connectivity index (χ0) is 24.8. The average molecular weight is 478 g/mol. The van der Waals surface area contributed by atoms with E-state index in [4.69, 9.17) is 10.7 Å². The molecule has 2 aliphatic rings. The molecular weight excluding hydrogens is 454 g/mol. The Balaban J connectivity index is 1.36. The summed E-state index contributed by atoms with van der Waals surface area (Å²) in [7, 11) is 1.78. The number of nitrogens with one attached hydrogen (secondary N) is 2. The Hall–Kier alpha value is -4.63. The summed E-state index contributed by atoms with van der Waals surface area (Å²) in [6.45, 7) is 1.66. The number of carbonyl (C=O) groups is 1. The summed E-state index contributed by atoms with van der Waals surface area (Å²) in [5.41, 5.74) is 14.0. The smallest absolute Gasteiger partial charge is 0.248 e. The van der Waals surface area contributed by atoms with Crippen molar-refractivity contribution in [1.29, 1.82) is 0 Å². The van der Waals surface area contributed by atoms with Crippen molar-refractivity contribution in [3.63, 3.8) is 0 Å². The van der Waals surface area contributed by atoms with E-state index in [0.717, 1.165) is 40.8 Å². The Kier molecular flexibility index (Phi) is 5.19. The van der Waals surface area contributed by atoms with E-state index in [-0.39, 0.29) is 5.69 Å². The molecule has 6 rings (SSSR count). The first-order chi connectivity index (χ1) is 17.5. The molecule has 36 heavy (non-hydrogen) atoms. The number of aromatic amines is 1. The summed E-state index contributed by atoms with van der Waals surface area (Å²) in [5, 5.41) is 11.4. The third-order valence-electron chi connectivity index (χ3n) is 6.64. The molecule has 1 aliphatic carbocycles. The second-order valence-electron chi connectivity index (χ2n) is 8.92. The number of rotatable bonds is 5. The van der Waals surface area contributed by atoms with Crippen LogP contribution in [0.25, 0.3) is 33.7 Å². The predicted octanol–water partition coefficient (Wildman–Crippen LogP) is 4.49. The number of hydrogen-bond acceptors (Lipinski definition) is 6. The molecule has 0 unspecified atom stereocenters. The van der Waals surface area contributed by atoms with Gasteiger partial charge in [0.2, 0.25) is 5.91 Å². The van der Waals surface area contributed by atoms with Crippen LogP contribution in [0.2, 0.25) is 0 Å². The van der Waals surface area contributed by atoms with Gasteiger partial charge in [-0.15, -0.1) is 4.91 Å². The number of H-pyrrole nitrogens is 1. The van der Waals surface area contributed by atoms with Crippen molar-refractivity contribution in [1.82, 2.24) is 25.1 Å². The third-order valence-corrected chi connectivity index (χ3v) is 6.64. The molecule has 4 aromatic rings. The van der Waals surface area contributed by atoms with Gasteiger partial charge in [-0.1, -0.05) is 36.4 Å². The summed E-state index contributed by atoms with van der Waals surface area (Å²) in [5.74, 6) is 0.0845. The Labute approximate surface area is 206 Å². The van der Waals surface area contributed by atoms with E-state index >= 15 is 0 Å². The number of benzene rings is 2. The lowest BCUT2D eigenvalue weighted by molar-refractivity contribution is 0.1000. The van der Waals surface area contributed by atoms with Gasteiger partial charge in [0.25, 0.3) is 0 Å². The topological polar surface area (TPSA) is 131 Å². The Morgan fingerprint density at radius 2 is 1.86 bits per heavy atom. The second kappa shape index (κ2) is 8.54. The molecule has 178 valence electrons. The lowest BCUT2D eigenvalue weighted by Gasteiger charge is -2.04. The number of nitroso groups, excluding NO2 is 1. The van der Waals surface area contributed by atoms with Gasteiger partial charge in [0.1, 0.15) is 11.4 Å². The molecule has 0 atom stereocenters. The van der Waals surface area contributed by atoms with Crippen LogP contribution in [0.3, 0.4) is 0 Å². The van der Waals surface area contributed by atoms with Crippen molar-refractivity contribution in [2.24, 2.45) is 18.0 Å². The van der Waals surface area contributed by atoms with E-state index in [9.17, 15) is 9.70 Å². The van der Waals surface area contributed by atoms with Gasteiger partial charge in [0.05, 0.1) is 11.0 Å². The fourth-order valence-corrected chi connectivity index (χ4v) is 4.85. The van der Waals surface area contributed by atoms with Gasteiger partial charge < -0.3 is 16.0 Å². The van der Waals surface area contributed by atoms with Gasteiger partial charge in [0, 0.05) is 31.3 Å². The highest BCUT2D eigenvalue weighted by atomic mass is 16.3. The molecule has 0 saturated carbocycles. The monoisotopic (exact) mass is 477 g/mol. The van der Waals surface area contributed by atoms with E-state index in [1.165, 1.54) is 11.1 Å². The molecule has 0 radical (unpaired) electrons. The average Bonchev–Trinajstić information content (AvgIpc) is 3.53. The lowest BCUT2D eigenvalue weighted by Crippen LogP contribution is -2.10. The molecule has 4 N–H and O–H groups in total. The summed E-state index contributed by atoms with van der Waals surface area (Å²) in [6, 6.07) is 11.4. The van der Waals surface area contributed by atoms with Gasteiger partial charge in [-0.2, -0.15) is 5.10 Å². The Morgan fingerprint density at radius 3 is 2.67 bits per heavy atom. The van der Waals surface area contributed by atoms with Crippen LogP contribution in [-0.2, 0) is 20.1 Å². The van der Waals surface area contributed by atoms with E-state index in [0.29, 0.717) is 29.2 Å². The number of nitrogens with two attached hydrogens (primary N) is 1. The van der Waals surface area contributed by atoms with Crippen molar-refractivity contribution in [2.75, 3.05) is 0 Å². The van der Waals surface area contributed by atoms with Crippen molar-refractivity contribution in [2.45, 2.75) is 19.5 Å². The fourth-order valence-electron chi connectivity index (χ4n) is 4.85. The maximum Gasteiger partial charge on any atom is 0.248 e. The normalized spacial score (nSPS) is 14.9. The Bertz CT molecular complexity index is 1610. The lowest BCUT2D eigenvalue weighted by atomic mass is 10.0. The van der Waals surface area contributed by atoms with E-state index in [1.807, 2.05) is 24.3 Å². The highest BCUT2D eigenvalue weighted by Gasteiger charge is 2.24. The van der Waals surface area contributed by atoms with Gasteiger partial charge in [-0.3, -0.25) is 9.48 Å². The molecule has 1 amide bonds. The number of aryl methyl sites for hydroxylation is 1. The maximum absolute atomic E-state index is 12.1. The van der Waals surface area contributed by atoms with Crippen LogP contribution in [0.15, 0.2) is 65.9 Å². The summed E-state index contributed by atoms with van der Waals surface area (Å²) < 4.78 is 1.64. The number of amides is 1. The Morgan fingerprint density at radius 1 is 1.08 bits per heavy atom. The number of nitrogens with zero attached hydrogens (tertiary/aromatic N) is 4. The molecule has 9 heteroatoms. The van der Waals surface area contributed by atoms with Gasteiger partial charge in [0.15, 0.2) is 11.5 Å². The molecule has 9 nitrogen and oxygen atoms in total. The molecule has 0 saturated heterocycles. The van der Waals surface area contributed by atoms with Crippen LogP contribution in [0.5, 0.6) is 0 Å². The van der Waals surface area contributed by atoms with Crippen molar-refractivity contribution in [3.05, 3.63) is 93.6 Å². The molecular formula is C27H23N7O2. The minimum absolute atomic E-state index is 0.237. The summed E-state index contributed by atoms with van der Waals surface area (Å²) in [6.07, 6.45) is 8.52. The molecule has 3 heterocycles. The van der Waals surface area contributed by atoms with Crippen LogP contribution in [-0.4, -0.2) is 25.7 Å². The van der Waals surface area contributed by atoms with Crippen LogP contribution < -0.4 is 11.1 Å². The number of aromatic nitrogens is 4. The van der Waals surface area contributed by atoms with Crippen LogP contribution in [0, 0.1) is 4.91 Å². The van der Waals surface area contributed by atoms with Crippen molar-refractivity contribution < 1.29 is 4.79 Å². The number of fused-ring (bicyclic) bond motifs is 2. The number of allylic oxidation sites excluding steroid dienone is 6. The van der Waals surface area contributed by atoms with Crippen LogP contribution in [0.4, 0.5) is 5.69 Å². The molecule has 1 aliphatic heterocycles. The fraction of sp³-hybridized carbons (Fsp3) is 0.148. The standard InChI is InChI=1S/C27H23N7O2/c1-34-25(27-30-21-11-19-13-29-14-20(19)12-22(21)31-27)24(33-36)23(32-34)16-5-2-4-15(8-9-16)17-6-3-7-18(10-17)26(28)35/h3-12,29H,2,13-14H2,1H3,(H2,28,35)(H,30,31). The molecule has 2 aromatic heterocycles. The minimum Gasteiger partial charge on any atom is -0.366 e. The van der Waals surface area contributed by atoms with E-state index in [2.05, 4.69) is 38.8 Å². The minimum atomic E-state index is -0.469. The first kappa shape index (κ1) is 21.9. The SMILES string of the molecule is Cn1nc(C2=CCC=C(c3cccc(C(N)=O)c3)C=C2)c(N=O)c1-c1nc2cc3c(cc2[nH]1)CNC3. The zero-order valence-corrected chi connectivity index (χ0v) is 19.6. The van der Waals surface area contributed by atoms with Gasteiger partial charge in [-0.25, -0.2) is 4.98 Å². The summed E-state index contributed by atoms with van der Waals surface area (Å²) >= 11 is 0. The molecule has 0 spiro atoms. The van der Waals surface area contributed by atoms with Crippen molar-refractivity contribution in [3.8, 4) is 11.5 Å². The quantitative estimate of drug-likeness (QED) is 0.365. The van der Waals surface area contributed by atoms with E-state index < -0.39 is 5.91 Å².